The van der Waals surface area contributed by atoms with Crippen molar-refractivity contribution in [3.05, 3.63) is 45.1 Å². The summed E-state index contributed by atoms with van der Waals surface area (Å²) >= 11 is 6.06. The van der Waals surface area contributed by atoms with Crippen molar-refractivity contribution >= 4 is 24.3 Å². The van der Waals surface area contributed by atoms with E-state index < -0.39 is 0 Å². The highest BCUT2D eigenvalue weighted by Gasteiger charge is 2.05. The zero-order chi connectivity index (χ0) is 14.4. The van der Waals surface area contributed by atoms with Crippen molar-refractivity contribution in [2.75, 3.05) is 0 Å². The molecule has 19 heavy (non-hydrogen) atoms. The molecule has 0 aliphatic carbocycles. The number of aliphatic imine (C=N–C) groups is 2. The number of rotatable bonds is 3. The van der Waals surface area contributed by atoms with Gasteiger partial charge in [-0.2, -0.15) is 0 Å². The molecule has 6 heteroatoms. The number of hydrogen-bond acceptors (Lipinski definition) is 4. The second kappa shape index (κ2) is 6.80. The molecule has 0 fully saturated rings. The van der Waals surface area contributed by atoms with E-state index in [0.717, 1.165) is 11.1 Å². The fourth-order valence-electron chi connectivity index (χ4n) is 1.34. The monoisotopic (exact) mass is 279 g/mol. The van der Waals surface area contributed by atoms with Crippen LogP contribution in [0, 0.1) is 18.8 Å². The molecule has 1 rings (SSSR count). The van der Waals surface area contributed by atoms with Crippen molar-refractivity contribution in [3.63, 3.8) is 0 Å². The minimum atomic E-state index is 0.0316. The SMILES string of the molecule is C=NC(=N/C=C(\C)N=O)Oc1cc(C)c(Cl)c(C)c1. The van der Waals surface area contributed by atoms with Gasteiger partial charge in [0.1, 0.15) is 11.4 Å². The molecule has 0 radical (unpaired) electrons. The third-order valence-corrected chi connectivity index (χ3v) is 2.86. The van der Waals surface area contributed by atoms with Gasteiger partial charge in [0, 0.05) is 5.02 Å². The Hall–Kier alpha value is -2.01. The Morgan fingerprint density at radius 2 is 1.95 bits per heavy atom. The van der Waals surface area contributed by atoms with Crippen LogP contribution in [0.15, 0.2) is 39.2 Å². The number of amidine groups is 1. The maximum absolute atomic E-state index is 10.2. The standard InChI is InChI=1S/C13H14ClN3O2/c1-8-5-11(6-9(2)12(8)14)19-13(15-4)16-7-10(3)17-18/h5-7H,4H2,1-3H3/b10-7+,16-13?. The molecule has 0 saturated carbocycles. The summed E-state index contributed by atoms with van der Waals surface area (Å²) in [5, 5.41) is 3.40. The van der Waals surface area contributed by atoms with Gasteiger partial charge in [-0.05, 0) is 55.9 Å². The minimum Gasteiger partial charge on any atom is -0.424 e. The van der Waals surface area contributed by atoms with E-state index in [-0.39, 0.29) is 11.7 Å². The van der Waals surface area contributed by atoms with Crippen LogP contribution in [0.1, 0.15) is 18.1 Å². The van der Waals surface area contributed by atoms with Gasteiger partial charge in [-0.3, -0.25) is 0 Å². The Bertz CT molecular complexity index is 542. The molecule has 0 unspecified atom stereocenters. The first-order valence-corrected chi connectivity index (χ1v) is 5.85. The van der Waals surface area contributed by atoms with Gasteiger partial charge in [-0.1, -0.05) is 11.6 Å². The summed E-state index contributed by atoms with van der Waals surface area (Å²) in [5.41, 5.74) is 2.00. The van der Waals surface area contributed by atoms with Crippen molar-refractivity contribution in [2.45, 2.75) is 20.8 Å². The molecule has 0 N–H and O–H groups in total. The molecule has 0 aliphatic heterocycles. The summed E-state index contributed by atoms with van der Waals surface area (Å²) in [6, 6.07) is 3.57. The van der Waals surface area contributed by atoms with Gasteiger partial charge < -0.3 is 4.74 Å². The van der Waals surface area contributed by atoms with Crippen LogP contribution in [0.2, 0.25) is 5.02 Å². The van der Waals surface area contributed by atoms with E-state index in [1.807, 2.05) is 13.8 Å². The van der Waals surface area contributed by atoms with Crippen molar-refractivity contribution in [2.24, 2.45) is 15.2 Å². The van der Waals surface area contributed by atoms with Gasteiger partial charge in [0.05, 0.1) is 6.20 Å². The lowest BCUT2D eigenvalue weighted by Crippen LogP contribution is -2.04. The van der Waals surface area contributed by atoms with Crippen LogP contribution in [0.4, 0.5) is 0 Å². The highest BCUT2D eigenvalue weighted by Crippen LogP contribution is 2.26. The van der Waals surface area contributed by atoms with E-state index in [4.69, 9.17) is 16.3 Å². The van der Waals surface area contributed by atoms with Gasteiger partial charge in [-0.15, -0.1) is 4.91 Å². The normalized spacial score (nSPS) is 12.2. The van der Waals surface area contributed by atoms with E-state index in [9.17, 15) is 4.91 Å². The van der Waals surface area contributed by atoms with E-state index in [1.165, 1.54) is 13.1 Å². The molecule has 0 heterocycles. The van der Waals surface area contributed by atoms with Gasteiger partial charge in [0.25, 0.3) is 0 Å². The Morgan fingerprint density at radius 3 is 2.42 bits per heavy atom. The average Bonchev–Trinajstić information content (AvgIpc) is 2.40. The third kappa shape index (κ3) is 4.30. The molecule has 0 aliphatic rings. The molecule has 100 valence electrons. The lowest BCUT2D eigenvalue weighted by Gasteiger charge is -2.08. The summed E-state index contributed by atoms with van der Waals surface area (Å²) in [5.74, 6) is 0.552. The number of nitrogens with zero attached hydrogens (tertiary/aromatic N) is 3. The van der Waals surface area contributed by atoms with Crippen LogP contribution in [0.3, 0.4) is 0 Å². The largest absolute Gasteiger partial charge is 0.424 e. The number of ether oxygens (including phenoxy) is 1. The second-order valence-electron chi connectivity index (χ2n) is 3.90. The van der Waals surface area contributed by atoms with Crippen molar-refractivity contribution in [1.29, 1.82) is 0 Å². The van der Waals surface area contributed by atoms with Crippen LogP contribution in [0.5, 0.6) is 5.75 Å². The fourth-order valence-corrected chi connectivity index (χ4v) is 1.45. The smallest absolute Gasteiger partial charge is 0.321 e. The van der Waals surface area contributed by atoms with E-state index in [2.05, 4.69) is 21.9 Å². The Morgan fingerprint density at radius 1 is 1.37 bits per heavy atom. The van der Waals surface area contributed by atoms with Gasteiger partial charge >= 0.3 is 6.02 Å². The van der Waals surface area contributed by atoms with Crippen LogP contribution >= 0.6 is 11.6 Å². The molecule has 0 amide bonds. The van der Waals surface area contributed by atoms with Crippen LogP contribution in [-0.2, 0) is 0 Å². The third-order valence-electron chi connectivity index (χ3n) is 2.26. The number of nitroso groups, excluding NO2 is 1. The van der Waals surface area contributed by atoms with Gasteiger partial charge in [-0.25, -0.2) is 9.98 Å². The highest BCUT2D eigenvalue weighted by atomic mass is 35.5. The van der Waals surface area contributed by atoms with E-state index >= 15 is 0 Å². The molecular formula is C13H14ClN3O2. The molecule has 0 saturated heterocycles. The quantitative estimate of drug-likeness (QED) is 0.476. The first-order valence-electron chi connectivity index (χ1n) is 5.47. The Balaban J connectivity index is 3.00. The molecule has 1 aromatic rings. The molecule has 1 aromatic carbocycles. The predicted octanol–water partition coefficient (Wildman–Crippen LogP) is 4.02. The van der Waals surface area contributed by atoms with E-state index in [0.29, 0.717) is 10.8 Å². The van der Waals surface area contributed by atoms with Crippen molar-refractivity contribution < 1.29 is 4.74 Å². The maximum atomic E-state index is 10.2. The highest BCUT2D eigenvalue weighted by molar-refractivity contribution is 6.32. The first-order chi connectivity index (χ1) is 8.97. The summed E-state index contributed by atoms with van der Waals surface area (Å²) in [6.45, 7) is 8.63. The van der Waals surface area contributed by atoms with Crippen LogP contribution in [-0.4, -0.2) is 12.7 Å². The first kappa shape index (κ1) is 15.0. The lowest BCUT2D eigenvalue weighted by atomic mass is 10.1. The molecule has 0 spiro atoms. The summed E-state index contributed by atoms with van der Waals surface area (Å²) in [4.78, 5) is 17.7. The topological polar surface area (TPSA) is 63.4 Å². The minimum absolute atomic E-state index is 0.0316. The van der Waals surface area contributed by atoms with Crippen LogP contribution < -0.4 is 4.74 Å². The summed E-state index contributed by atoms with van der Waals surface area (Å²) in [7, 11) is 0. The maximum Gasteiger partial charge on any atom is 0.321 e. The molecule has 0 aromatic heterocycles. The summed E-state index contributed by atoms with van der Waals surface area (Å²) < 4.78 is 5.45. The van der Waals surface area contributed by atoms with Crippen molar-refractivity contribution in [1.82, 2.24) is 0 Å². The number of benzene rings is 1. The zero-order valence-corrected chi connectivity index (χ0v) is 11.7. The number of aryl methyl sites for hydroxylation is 2. The number of halogens is 1. The average molecular weight is 280 g/mol. The molecule has 0 atom stereocenters. The number of allylic oxidation sites excluding steroid dienone is 1. The van der Waals surface area contributed by atoms with Gasteiger partial charge in [0.15, 0.2) is 0 Å². The predicted molar refractivity (Wildman–Crippen MR) is 78.1 cm³/mol. The number of hydrogen-bond donors (Lipinski definition) is 0. The van der Waals surface area contributed by atoms with E-state index in [1.54, 1.807) is 12.1 Å². The Labute approximate surface area is 116 Å². The molecule has 0 bridgehead atoms. The second-order valence-corrected chi connectivity index (χ2v) is 4.28. The molecular weight excluding hydrogens is 266 g/mol. The van der Waals surface area contributed by atoms with Gasteiger partial charge in [0.2, 0.25) is 0 Å². The van der Waals surface area contributed by atoms with Crippen molar-refractivity contribution in [3.8, 4) is 5.75 Å². The van der Waals surface area contributed by atoms with Crippen LogP contribution in [0.25, 0.3) is 0 Å². The lowest BCUT2D eigenvalue weighted by molar-refractivity contribution is 0.542. The zero-order valence-electron chi connectivity index (χ0n) is 11.0. The molecule has 5 nitrogen and oxygen atoms in total. The Kier molecular flexibility index (Phi) is 5.38. The fraction of sp³-hybridized carbons (Fsp3) is 0.231. The summed E-state index contributed by atoms with van der Waals surface area (Å²) in [6.07, 6.45) is 1.26.